The zero-order valence-corrected chi connectivity index (χ0v) is 12.7. The highest BCUT2D eigenvalue weighted by Crippen LogP contribution is 2.55. The number of aliphatic carboxylic acids is 1. The summed E-state index contributed by atoms with van der Waals surface area (Å²) in [5.74, 6) is -2.38. The number of cyclic esters (lactones) is 1. The average Bonchev–Trinajstić information content (AvgIpc) is 3.03. The van der Waals surface area contributed by atoms with E-state index in [1.54, 1.807) is 0 Å². The Bertz CT molecular complexity index is 497. The topological polar surface area (TPSA) is 82.1 Å². The molecule has 1 spiro atoms. The molecule has 6 heteroatoms. The molecule has 5 unspecified atom stereocenters. The molecule has 2 heterocycles. The van der Waals surface area contributed by atoms with Crippen LogP contribution in [-0.2, 0) is 23.8 Å². The largest absolute Gasteiger partial charge is 0.481 e. The van der Waals surface area contributed by atoms with Crippen molar-refractivity contribution in [1.29, 1.82) is 0 Å². The number of carboxylic acid groups (broad SMARTS) is 1. The SMILES string of the molecule is C[C@@H]1OC(=O)C2CC3CCC4(CC3C(C(=O)O)C21)OCCO4. The highest BCUT2D eigenvalue weighted by molar-refractivity contribution is 5.79. The van der Waals surface area contributed by atoms with Crippen LogP contribution >= 0.6 is 0 Å². The minimum Gasteiger partial charge on any atom is -0.481 e. The van der Waals surface area contributed by atoms with E-state index in [1.165, 1.54) is 0 Å². The Labute approximate surface area is 129 Å². The summed E-state index contributed by atoms with van der Waals surface area (Å²) in [5, 5.41) is 9.81. The zero-order valence-electron chi connectivity index (χ0n) is 12.7. The van der Waals surface area contributed by atoms with Gasteiger partial charge in [-0.1, -0.05) is 0 Å². The Morgan fingerprint density at radius 1 is 1.32 bits per heavy atom. The summed E-state index contributed by atoms with van der Waals surface area (Å²) >= 11 is 0. The van der Waals surface area contributed by atoms with Crippen LogP contribution in [0.4, 0.5) is 0 Å². The maximum Gasteiger partial charge on any atom is 0.309 e. The normalized spacial score (nSPS) is 46.1. The molecule has 0 aromatic carbocycles. The van der Waals surface area contributed by atoms with E-state index in [2.05, 4.69) is 0 Å². The molecule has 6 atom stereocenters. The molecule has 122 valence electrons. The third-order valence-electron chi connectivity index (χ3n) is 6.19. The summed E-state index contributed by atoms with van der Waals surface area (Å²) in [7, 11) is 0. The van der Waals surface area contributed by atoms with Gasteiger partial charge < -0.3 is 19.3 Å². The molecule has 0 aromatic rings. The number of ether oxygens (including phenoxy) is 3. The molecule has 2 aliphatic carbocycles. The Morgan fingerprint density at radius 2 is 2.05 bits per heavy atom. The lowest BCUT2D eigenvalue weighted by atomic mass is 9.56. The van der Waals surface area contributed by atoms with Crippen LogP contribution in [0.25, 0.3) is 0 Å². The number of esters is 1. The number of carboxylic acids is 1. The maximum absolute atomic E-state index is 12.0. The summed E-state index contributed by atoms with van der Waals surface area (Å²) in [4.78, 5) is 24.0. The van der Waals surface area contributed by atoms with Gasteiger partial charge in [0.2, 0.25) is 0 Å². The van der Waals surface area contributed by atoms with Gasteiger partial charge in [0.05, 0.1) is 25.0 Å². The summed E-state index contributed by atoms with van der Waals surface area (Å²) in [6, 6.07) is 0. The molecule has 1 N–H and O–H groups in total. The first kappa shape index (κ1) is 14.5. The number of fused-ring (bicyclic) bond motifs is 2. The van der Waals surface area contributed by atoms with Crippen LogP contribution < -0.4 is 0 Å². The van der Waals surface area contributed by atoms with Crippen molar-refractivity contribution in [2.45, 2.75) is 44.5 Å². The fraction of sp³-hybridized carbons (Fsp3) is 0.875. The first-order chi connectivity index (χ1) is 10.5. The van der Waals surface area contributed by atoms with Crippen molar-refractivity contribution in [3.8, 4) is 0 Å². The van der Waals surface area contributed by atoms with Gasteiger partial charge in [-0.15, -0.1) is 0 Å². The fourth-order valence-corrected chi connectivity index (χ4v) is 5.31. The lowest BCUT2D eigenvalue weighted by Gasteiger charge is -2.49. The molecule has 2 saturated heterocycles. The average molecular weight is 310 g/mol. The highest BCUT2D eigenvalue weighted by atomic mass is 16.7. The lowest BCUT2D eigenvalue weighted by Crippen LogP contribution is -2.52. The molecule has 22 heavy (non-hydrogen) atoms. The Hall–Kier alpha value is -1.14. The van der Waals surface area contributed by atoms with Crippen molar-refractivity contribution in [2.75, 3.05) is 13.2 Å². The Kier molecular flexibility index (Phi) is 3.24. The molecular weight excluding hydrogens is 288 g/mol. The van der Waals surface area contributed by atoms with Crippen LogP contribution in [0.1, 0.15) is 32.6 Å². The van der Waals surface area contributed by atoms with Crippen molar-refractivity contribution in [1.82, 2.24) is 0 Å². The van der Waals surface area contributed by atoms with E-state index in [-0.39, 0.29) is 35.7 Å². The van der Waals surface area contributed by atoms with Gasteiger partial charge in [0.15, 0.2) is 5.79 Å². The van der Waals surface area contributed by atoms with Crippen molar-refractivity contribution in [3.63, 3.8) is 0 Å². The second-order valence-corrected chi connectivity index (χ2v) is 7.20. The van der Waals surface area contributed by atoms with Gasteiger partial charge in [-0.2, -0.15) is 0 Å². The Morgan fingerprint density at radius 3 is 2.73 bits per heavy atom. The van der Waals surface area contributed by atoms with Crippen LogP contribution in [-0.4, -0.2) is 42.1 Å². The van der Waals surface area contributed by atoms with Crippen LogP contribution in [0.3, 0.4) is 0 Å². The van der Waals surface area contributed by atoms with Gasteiger partial charge in [-0.05, 0) is 31.6 Å². The van der Waals surface area contributed by atoms with E-state index in [0.717, 1.165) is 19.3 Å². The van der Waals surface area contributed by atoms with Crippen molar-refractivity contribution in [2.24, 2.45) is 29.6 Å². The predicted octanol–water partition coefficient (Wildman–Crippen LogP) is 1.43. The van der Waals surface area contributed by atoms with E-state index in [0.29, 0.717) is 19.6 Å². The minimum absolute atomic E-state index is 0.00236. The van der Waals surface area contributed by atoms with Gasteiger partial charge in [0, 0.05) is 18.8 Å². The summed E-state index contributed by atoms with van der Waals surface area (Å²) in [6.45, 7) is 2.98. The number of carbonyl (C=O) groups is 2. The standard InChI is InChI=1S/C16H22O6/c1-8-12-10(15(19)22-8)6-9-2-3-16(20-4-5-21-16)7-11(9)13(12)14(17)18/h8-13H,2-7H2,1H3,(H,17,18)/t8-,9?,10?,11?,12?,13?/m0/s1. The van der Waals surface area contributed by atoms with E-state index < -0.39 is 17.7 Å². The van der Waals surface area contributed by atoms with Crippen LogP contribution in [0, 0.1) is 29.6 Å². The summed E-state index contributed by atoms with van der Waals surface area (Å²) in [5.41, 5.74) is 0. The molecule has 4 fully saturated rings. The molecule has 0 bridgehead atoms. The second kappa shape index (κ2) is 4.93. The number of hydrogen-bond acceptors (Lipinski definition) is 5. The van der Waals surface area contributed by atoms with E-state index in [4.69, 9.17) is 14.2 Å². The van der Waals surface area contributed by atoms with E-state index in [1.807, 2.05) is 6.92 Å². The number of hydrogen-bond donors (Lipinski definition) is 1. The predicted molar refractivity (Wildman–Crippen MR) is 73.7 cm³/mol. The van der Waals surface area contributed by atoms with E-state index in [9.17, 15) is 14.7 Å². The molecule has 0 aromatic heterocycles. The summed E-state index contributed by atoms with van der Waals surface area (Å²) in [6.07, 6.45) is 2.71. The first-order valence-corrected chi connectivity index (χ1v) is 8.22. The van der Waals surface area contributed by atoms with Crippen molar-refractivity contribution < 1.29 is 28.9 Å². The van der Waals surface area contributed by atoms with Crippen LogP contribution in [0.2, 0.25) is 0 Å². The third-order valence-corrected chi connectivity index (χ3v) is 6.19. The van der Waals surface area contributed by atoms with E-state index >= 15 is 0 Å². The van der Waals surface area contributed by atoms with Crippen LogP contribution in [0.5, 0.6) is 0 Å². The second-order valence-electron chi connectivity index (χ2n) is 7.20. The smallest absolute Gasteiger partial charge is 0.309 e. The number of rotatable bonds is 1. The molecule has 0 amide bonds. The molecule has 2 aliphatic heterocycles. The van der Waals surface area contributed by atoms with Crippen molar-refractivity contribution >= 4 is 11.9 Å². The molecular formula is C16H22O6. The van der Waals surface area contributed by atoms with Gasteiger partial charge >= 0.3 is 11.9 Å². The van der Waals surface area contributed by atoms with Gasteiger partial charge in [0.1, 0.15) is 6.10 Å². The van der Waals surface area contributed by atoms with Crippen LogP contribution in [0.15, 0.2) is 0 Å². The fourth-order valence-electron chi connectivity index (χ4n) is 5.31. The first-order valence-electron chi connectivity index (χ1n) is 8.22. The maximum atomic E-state index is 12.0. The minimum atomic E-state index is -0.815. The molecule has 6 nitrogen and oxygen atoms in total. The Balaban J connectivity index is 1.66. The highest BCUT2D eigenvalue weighted by Gasteiger charge is 2.60. The third kappa shape index (κ3) is 2.00. The molecule has 0 radical (unpaired) electrons. The van der Waals surface area contributed by atoms with Gasteiger partial charge in [-0.25, -0.2) is 0 Å². The lowest BCUT2D eigenvalue weighted by molar-refractivity contribution is -0.211. The quantitative estimate of drug-likeness (QED) is 0.738. The van der Waals surface area contributed by atoms with Gasteiger partial charge in [0.25, 0.3) is 0 Å². The monoisotopic (exact) mass is 310 g/mol. The number of carbonyl (C=O) groups excluding carboxylic acids is 1. The zero-order chi connectivity index (χ0) is 15.5. The molecule has 2 saturated carbocycles. The van der Waals surface area contributed by atoms with Gasteiger partial charge in [-0.3, -0.25) is 9.59 Å². The molecule has 4 rings (SSSR count). The molecule has 4 aliphatic rings. The van der Waals surface area contributed by atoms with Crippen molar-refractivity contribution in [3.05, 3.63) is 0 Å². The summed E-state index contributed by atoms with van der Waals surface area (Å²) < 4.78 is 17.0.